The lowest BCUT2D eigenvalue weighted by atomic mass is 10.1. The van der Waals surface area contributed by atoms with Gasteiger partial charge < -0.3 is 15.4 Å². The van der Waals surface area contributed by atoms with Crippen LogP contribution in [0.25, 0.3) is 11.2 Å². The number of ether oxygens (including phenoxy) is 1. The van der Waals surface area contributed by atoms with Crippen molar-refractivity contribution in [1.82, 2.24) is 28.7 Å². The molecule has 2 N–H and O–H groups in total. The van der Waals surface area contributed by atoms with E-state index in [9.17, 15) is 14.4 Å². The number of carbonyl (C=O) groups excluding carboxylic acids is 1. The van der Waals surface area contributed by atoms with Crippen molar-refractivity contribution in [1.29, 1.82) is 0 Å². The van der Waals surface area contributed by atoms with Crippen LogP contribution < -0.4 is 21.9 Å². The molecular formula is C23H28N8O4. The summed E-state index contributed by atoms with van der Waals surface area (Å²) in [5.74, 6) is 5.97. The molecule has 1 fully saturated rings. The van der Waals surface area contributed by atoms with Gasteiger partial charge in [-0.3, -0.25) is 23.3 Å². The van der Waals surface area contributed by atoms with E-state index < -0.39 is 23.8 Å². The van der Waals surface area contributed by atoms with Gasteiger partial charge in [-0.05, 0) is 32.8 Å². The molecule has 1 aliphatic heterocycles. The summed E-state index contributed by atoms with van der Waals surface area (Å²) in [4.78, 5) is 54.5. The van der Waals surface area contributed by atoms with Crippen molar-refractivity contribution < 1.29 is 9.53 Å². The second-order valence-corrected chi connectivity index (χ2v) is 8.40. The van der Waals surface area contributed by atoms with E-state index in [1.807, 2.05) is 4.90 Å². The van der Waals surface area contributed by atoms with Gasteiger partial charge in [0.25, 0.3) is 5.56 Å². The minimum Gasteiger partial charge on any atom is -0.468 e. The predicted octanol–water partition coefficient (Wildman–Crippen LogP) is -0.370. The van der Waals surface area contributed by atoms with Crippen molar-refractivity contribution >= 4 is 23.1 Å². The minimum absolute atomic E-state index is 0.0401. The monoisotopic (exact) mass is 480 g/mol. The van der Waals surface area contributed by atoms with Crippen LogP contribution in [0.15, 0.2) is 21.9 Å². The quantitative estimate of drug-likeness (QED) is 0.369. The highest BCUT2D eigenvalue weighted by molar-refractivity contribution is 5.77. The molecule has 0 radical (unpaired) electrons. The Hall–Kier alpha value is -3.98. The fourth-order valence-corrected chi connectivity index (χ4v) is 4.21. The van der Waals surface area contributed by atoms with Gasteiger partial charge in [0.15, 0.2) is 11.2 Å². The largest absolute Gasteiger partial charge is 0.468 e. The average molecular weight is 481 g/mol. The van der Waals surface area contributed by atoms with Crippen LogP contribution >= 0.6 is 0 Å². The summed E-state index contributed by atoms with van der Waals surface area (Å²) in [7, 11) is 1.23. The number of piperidine rings is 1. The van der Waals surface area contributed by atoms with E-state index >= 15 is 0 Å². The molecule has 12 nitrogen and oxygen atoms in total. The maximum absolute atomic E-state index is 13.7. The first kappa shape index (κ1) is 24.2. The van der Waals surface area contributed by atoms with Crippen molar-refractivity contribution in [3.05, 3.63) is 44.6 Å². The molecule has 1 unspecified atom stereocenters. The molecule has 184 valence electrons. The zero-order valence-corrected chi connectivity index (χ0v) is 20.0. The summed E-state index contributed by atoms with van der Waals surface area (Å²) in [5, 5.41) is 0. The highest BCUT2D eigenvalue weighted by Gasteiger charge is 2.27. The molecule has 0 spiro atoms. The average Bonchev–Trinajstić information content (AvgIpc) is 3.22. The molecule has 1 atom stereocenters. The van der Waals surface area contributed by atoms with E-state index in [-0.39, 0.29) is 30.3 Å². The van der Waals surface area contributed by atoms with E-state index in [2.05, 4.69) is 26.8 Å². The first-order chi connectivity index (χ1) is 16.8. The van der Waals surface area contributed by atoms with Gasteiger partial charge in [0.2, 0.25) is 5.95 Å². The molecule has 35 heavy (non-hydrogen) atoms. The Balaban J connectivity index is 2.00. The number of esters is 1. The van der Waals surface area contributed by atoms with Gasteiger partial charge >= 0.3 is 11.7 Å². The SMILES string of the molecule is CC#CCn1c(N2CCCC(N)C2)nc2c1c(=O)n(Cc1nccc(C)n1)c(=O)n2CC(=O)OC. The Morgan fingerprint density at radius 1 is 1.26 bits per heavy atom. The fourth-order valence-electron chi connectivity index (χ4n) is 4.21. The number of anilines is 1. The van der Waals surface area contributed by atoms with Crippen LogP contribution in [0.3, 0.4) is 0 Å². The van der Waals surface area contributed by atoms with Crippen LogP contribution in [0.5, 0.6) is 0 Å². The highest BCUT2D eigenvalue weighted by Crippen LogP contribution is 2.23. The summed E-state index contributed by atoms with van der Waals surface area (Å²) >= 11 is 0. The van der Waals surface area contributed by atoms with Gasteiger partial charge in [-0.1, -0.05) is 5.92 Å². The lowest BCUT2D eigenvalue weighted by molar-refractivity contribution is -0.141. The number of aromatic nitrogens is 6. The van der Waals surface area contributed by atoms with Crippen molar-refractivity contribution in [2.75, 3.05) is 25.1 Å². The number of hydrogen-bond acceptors (Lipinski definition) is 9. The third-order valence-corrected chi connectivity index (χ3v) is 5.91. The Labute approximate surface area is 201 Å². The molecule has 1 saturated heterocycles. The van der Waals surface area contributed by atoms with Gasteiger partial charge in [0.1, 0.15) is 12.4 Å². The number of nitrogens with two attached hydrogens (primary N) is 1. The van der Waals surface area contributed by atoms with Crippen LogP contribution in [0.2, 0.25) is 0 Å². The zero-order valence-electron chi connectivity index (χ0n) is 20.0. The second-order valence-electron chi connectivity index (χ2n) is 8.40. The standard InChI is InChI=1S/C23H28N8O4/c1-4-5-11-29-19-20(27-22(29)28-10-6-7-16(24)12-28)30(14-18(32)35-3)23(34)31(21(19)33)13-17-25-9-8-15(2)26-17/h8-9,16H,6-7,10-14,24H2,1-3H3. The number of nitrogens with zero attached hydrogens (tertiary/aromatic N) is 7. The predicted molar refractivity (Wildman–Crippen MR) is 129 cm³/mol. The van der Waals surface area contributed by atoms with Crippen molar-refractivity contribution in [2.24, 2.45) is 5.73 Å². The molecule has 12 heteroatoms. The van der Waals surface area contributed by atoms with Crippen LogP contribution in [0, 0.1) is 18.8 Å². The molecule has 0 aliphatic carbocycles. The van der Waals surface area contributed by atoms with Crippen molar-refractivity contribution in [3.63, 3.8) is 0 Å². The molecule has 1 aliphatic rings. The van der Waals surface area contributed by atoms with Crippen LogP contribution in [0.4, 0.5) is 5.95 Å². The Bertz CT molecular complexity index is 1440. The summed E-state index contributed by atoms with van der Waals surface area (Å²) in [6.07, 6.45) is 3.32. The van der Waals surface area contributed by atoms with E-state index in [4.69, 9.17) is 10.5 Å². The highest BCUT2D eigenvalue weighted by atomic mass is 16.5. The molecular weight excluding hydrogens is 452 g/mol. The lowest BCUT2D eigenvalue weighted by Gasteiger charge is -2.31. The number of carbonyl (C=O) groups is 1. The number of hydrogen-bond donors (Lipinski definition) is 1. The van der Waals surface area contributed by atoms with E-state index in [1.54, 1.807) is 30.7 Å². The normalized spacial score (nSPS) is 15.7. The third-order valence-electron chi connectivity index (χ3n) is 5.91. The molecule has 3 aromatic rings. The Kier molecular flexibility index (Phi) is 6.97. The maximum atomic E-state index is 13.7. The van der Waals surface area contributed by atoms with E-state index in [1.165, 1.54) is 7.11 Å². The number of rotatable bonds is 6. The molecule has 0 bridgehead atoms. The lowest BCUT2D eigenvalue weighted by Crippen LogP contribution is -2.44. The first-order valence-electron chi connectivity index (χ1n) is 11.3. The van der Waals surface area contributed by atoms with Gasteiger partial charge in [0, 0.05) is 31.0 Å². The third kappa shape index (κ3) is 4.81. The number of aryl methyl sites for hydroxylation is 1. The van der Waals surface area contributed by atoms with Crippen LogP contribution in [-0.2, 0) is 29.2 Å². The number of fused-ring (bicyclic) bond motifs is 1. The summed E-state index contributed by atoms with van der Waals surface area (Å²) in [6.45, 7) is 4.36. The molecule has 0 aromatic carbocycles. The summed E-state index contributed by atoms with van der Waals surface area (Å²) < 4.78 is 8.66. The van der Waals surface area contributed by atoms with Gasteiger partial charge in [-0.25, -0.2) is 14.8 Å². The topological polar surface area (TPSA) is 143 Å². The molecule has 3 aromatic heterocycles. The Morgan fingerprint density at radius 2 is 2.06 bits per heavy atom. The second kappa shape index (κ2) is 10.1. The maximum Gasteiger partial charge on any atom is 0.333 e. The van der Waals surface area contributed by atoms with Gasteiger partial charge in [0.05, 0.1) is 20.2 Å². The van der Waals surface area contributed by atoms with Crippen LogP contribution in [-0.4, -0.2) is 60.9 Å². The zero-order chi connectivity index (χ0) is 25.1. The van der Waals surface area contributed by atoms with Crippen molar-refractivity contribution in [2.45, 2.75) is 52.4 Å². The Morgan fingerprint density at radius 3 is 2.74 bits per heavy atom. The first-order valence-corrected chi connectivity index (χ1v) is 11.3. The van der Waals surface area contributed by atoms with Crippen molar-refractivity contribution in [3.8, 4) is 11.8 Å². The van der Waals surface area contributed by atoms with Gasteiger partial charge in [-0.15, -0.1) is 5.92 Å². The van der Waals surface area contributed by atoms with Gasteiger partial charge in [-0.2, -0.15) is 4.98 Å². The molecule has 0 amide bonds. The smallest absolute Gasteiger partial charge is 0.333 e. The molecule has 0 saturated carbocycles. The number of methoxy groups -OCH3 is 1. The summed E-state index contributed by atoms with van der Waals surface area (Å²) in [5.41, 5.74) is 5.89. The fraction of sp³-hybridized carbons (Fsp3) is 0.478. The minimum atomic E-state index is -0.703. The van der Waals surface area contributed by atoms with E-state index in [0.29, 0.717) is 30.6 Å². The van der Waals surface area contributed by atoms with E-state index in [0.717, 1.165) is 22.0 Å². The molecule has 4 heterocycles. The van der Waals surface area contributed by atoms with Crippen LogP contribution in [0.1, 0.15) is 31.3 Å². The summed E-state index contributed by atoms with van der Waals surface area (Å²) in [6, 6.07) is 1.68. The number of imidazole rings is 1. The molecule has 4 rings (SSSR count).